The average molecular weight is 332 g/mol. The van der Waals surface area contributed by atoms with Crippen LogP contribution in [-0.2, 0) is 4.74 Å². The molecule has 1 aliphatic heterocycles. The van der Waals surface area contributed by atoms with Gasteiger partial charge in [-0.2, -0.15) is 4.68 Å². The minimum atomic E-state index is -0.807. The van der Waals surface area contributed by atoms with E-state index >= 15 is 0 Å². The summed E-state index contributed by atoms with van der Waals surface area (Å²) in [6, 6.07) is 0. The van der Waals surface area contributed by atoms with Gasteiger partial charge in [0.2, 0.25) is 5.82 Å². The van der Waals surface area contributed by atoms with Crippen LogP contribution < -0.4 is 0 Å². The maximum atomic E-state index is 12.6. The summed E-state index contributed by atoms with van der Waals surface area (Å²) in [6.45, 7) is 6.45. The predicted octanol–water partition coefficient (Wildman–Crippen LogP) is 0.360. The second kappa shape index (κ2) is 6.62. The lowest BCUT2D eigenvalue weighted by Gasteiger charge is -2.34. The molecule has 0 bridgehead atoms. The Kier molecular flexibility index (Phi) is 4.54. The lowest BCUT2D eigenvalue weighted by molar-refractivity contribution is -0.0588. The number of aromatic nitrogens is 5. The number of aliphatic hydroxyl groups is 1. The Bertz CT molecular complexity index is 722. The second-order valence-corrected chi connectivity index (χ2v) is 5.92. The summed E-state index contributed by atoms with van der Waals surface area (Å²) in [5, 5.41) is 14.0. The van der Waals surface area contributed by atoms with Gasteiger partial charge in [-0.3, -0.25) is 9.78 Å². The normalized spacial score (nSPS) is 22.4. The zero-order valence-corrected chi connectivity index (χ0v) is 13.8. The molecule has 0 saturated carbocycles. The highest BCUT2D eigenvalue weighted by Gasteiger charge is 2.29. The smallest absolute Gasteiger partial charge is 0.293 e. The van der Waals surface area contributed by atoms with Gasteiger partial charge in [-0.25, -0.2) is 9.97 Å². The van der Waals surface area contributed by atoms with Crippen LogP contribution in [0.1, 0.15) is 43.2 Å². The standard InChI is InChI=1S/C15H20N6O3/c1-9-6-20(7-10(2)24-9)15(23)13-18-8-21(19-13)14-12(11(3)22)16-4-5-17-14/h4-5,8-11,22H,6-7H2,1-3H3/t9-,10+,11?. The van der Waals surface area contributed by atoms with Crippen LogP contribution in [-0.4, -0.2) is 65.9 Å². The van der Waals surface area contributed by atoms with Gasteiger partial charge >= 0.3 is 0 Å². The minimum Gasteiger partial charge on any atom is -0.387 e. The Morgan fingerprint density at radius 2 is 1.92 bits per heavy atom. The molecule has 0 aromatic carbocycles. The fraction of sp³-hybridized carbons (Fsp3) is 0.533. The molecule has 1 unspecified atom stereocenters. The van der Waals surface area contributed by atoms with E-state index in [-0.39, 0.29) is 23.9 Å². The second-order valence-electron chi connectivity index (χ2n) is 5.92. The Morgan fingerprint density at radius 1 is 1.25 bits per heavy atom. The van der Waals surface area contributed by atoms with Gasteiger partial charge in [0.1, 0.15) is 12.0 Å². The van der Waals surface area contributed by atoms with Crippen molar-refractivity contribution in [1.82, 2.24) is 29.6 Å². The van der Waals surface area contributed by atoms with Crippen molar-refractivity contribution >= 4 is 5.91 Å². The fourth-order valence-corrected chi connectivity index (χ4v) is 2.76. The predicted molar refractivity (Wildman–Crippen MR) is 83.5 cm³/mol. The van der Waals surface area contributed by atoms with E-state index in [1.54, 1.807) is 11.8 Å². The first-order valence-corrected chi connectivity index (χ1v) is 7.81. The molecule has 1 fully saturated rings. The third-order valence-electron chi connectivity index (χ3n) is 3.71. The third kappa shape index (κ3) is 3.26. The highest BCUT2D eigenvalue weighted by Crippen LogP contribution is 2.16. The Balaban J connectivity index is 1.85. The van der Waals surface area contributed by atoms with Crippen molar-refractivity contribution in [2.45, 2.75) is 39.1 Å². The number of hydrogen-bond donors (Lipinski definition) is 1. The van der Waals surface area contributed by atoms with Gasteiger partial charge in [-0.15, -0.1) is 5.10 Å². The number of rotatable bonds is 3. The van der Waals surface area contributed by atoms with Gasteiger partial charge in [0.15, 0.2) is 5.82 Å². The molecule has 1 saturated heterocycles. The molecule has 128 valence electrons. The summed E-state index contributed by atoms with van der Waals surface area (Å²) in [5.74, 6) is 0.180. The quantitative estimate of drug-likeness (QED) is 0.865. The van der Waals surface area contributed by atoms with E-state index in [2.05, 4.69) is 20.1 Å². The molecule has 9 nitrogen and oxygen atoms in total. The van der Waals surface area contributed by atoms with E-state index < -0.39 is 6.10 Å². The third-order valence-corrected chi connectivity index (χ3v) is 3.71. The molecule has 0 radical (unpaired) electrons. The van der Waals surface area contributed by atoms with Gasteiger partial charge < -0.3 is 14.7 Å². The Hall–Kier alpha value is -2.39. The molecule has 0 spiro atoms. The molecule has 2 aromatic heterocycles. The first-order chi connectivity index (χ1) is 11.5. The molecule has 24 heavy (non-hydrogen) atoms. The monoisotopic (exact) mass is 332 g/mol. The van der Waals surface area contributed by atoms with Crippen molar-refractivity contribution in [3.63, 3.8) is 0 Å². The van der Waals surface area contributed by atoms with Crippen LogP contribution >= 0.6 is 0 Å². The van der Waals surface area contributed by atoms with Crippen molar-refractivity contribution in [3.8, 4) is 5.82 Å². The van der Waals surface area contributed by atoms with Crippen molar-refractivity contribution in [2.24, 2.45) is 0 Å². The lowest BCUT2D eigenvalue weighted by Crippen LogP contribution is -2.48. The number of amides is 1. The van der Waals surface area contributed by atoms with E-state index in [1.807, 2.05) is 13.8 Å². The van der Waals surface area contributed by atoms with Crippen LogP contribution in [0.2, 0.25) is 0 Å². The summed E-state index contributed by atoms with van der Waals surface area (Å²) in [6.07, 6.45) is 3.53. The van der Waals surface area contributed by atoms with Crippen LogP contribution in [0, 0.1) is 0 Å². The molecule has 3 heterocycles. The van der Waals surface area contributed by atoms with Crippen molar-refractivity contribution < 1.29 is 14.6 Å². The van der Waals surface area contributed by atoms with E-state index in [1.165, 1.54) is 23.4 Å². The first-order valence-electron chi connectivity index (χ1n) is 7.81. The maximum absolute atomic E-state index is 12.6. The number of carbonyl (C=O) groups excluding carboxylic acids is 1. The van der Waals surface area contributed by atoms with Crippen LogP contribution in [0.5, 0.6) is 0 Å². The maximum Gasteiger partial charge on any atom is 0.293 e. The highest BCUT2D eigenvalue weighted by atomic mass is 16.5. The van der Waals surface area contributed by atoms with Crippen LogP contribution in [0.15, 0.2) is 18.7 Å². The fourth-order valence-electron chi connectivity index (χ4n) is 2.76. The van der Waals surface area contributed by atoms with Gasteiger partial charge in [0, 0.05) is 25.5 Å². The van der Waals surface area contributed by atoms with Gasteiger partial charge in [0.05, 0.1) is 18.3 Å². The number of ether oxygens (including phenoxy) is 1. The van der Waals surface area contributed by atoms with Gasteiger partial charge in [0.25, 0.3) is 5.91 Å². The van der Waals surface area contributed by atoms with Gasteiger partial charge in [-0.05, 0) is 20.8 Å². The van der Waals surface area contributed by atoms with E-state index in [0.29, 0.717) is 24.6 Å². The van der Waals surface area contributed by atoms with Crippen molar-refractivity contribution in [3.05, 3.63) is 30.2 Å². The molecule has 1 aliphatic rings. The number of nitrogens with zero attached hydrogens (tertiary/aromatic N) is 6. The molecular weight excluding hydrogens is 312 g/mol. The summed E-state index contributed by atoms with van der Waals surface area (Å²) in [4.78, 5) is 26.7. The van der Waals surface area contributed by atoms with Gasteiger partial charge in [-0.1, -0.05) is 0 Å². The summed E-state index contributed by atoms with van der Waals surface area (Å²) < 4.78 is 6.99. The molecule has 3 atom stereocenters. The topological polar surface area (TPSA) is 106 Å². The number of aliphatic hydroxyl groups excluding tert-OH is 1. The molecule has 1 amide bonds. The summed E-state index contributed by atoms with van der Waals surface area (Å²) in [5.41, 5.74) is 0.370. The highest BCUT2D eigenvalue weighted by molar-refractivity contribution is 5.90. The van der Waals surface area contributed by atoms with E-state index in [4.69, 9.17) is 4.74 Å². The van der Waals surface area contributed by atoms with Crippen molar-refractivity contribution in [2.75, 3.05) is 13.1 Å². The van der Waals surface area contributed by atoms with E-state index in [9.17, 15) is 9.90 Å². The zero-order valence-electron chi connectivity index (χ0n) is 13.8. The SMILES string of the molecule is CC(O)c1nccnc1-n1cnc(C(=O)N2C[C@@H](C)O[C@@H](C)C2)n1. The minimum absolute atomic E-state index is 0.0263. The number of morpholine rings is 1. The zero-order chi connectivity index (χ0) is 17.3. The molecule has 0 aliphatic carbocycles. The first kappa shape index (κ1) is 16.5. The molecule has 3 rings (SSSR count). The number of carbonyl (C=O) groups is 1. The molecule has 1 N–H and O–H groups in total. The van der Waals surface area contributed by atoms with Crippen LogP contribution in [0.4, 0.5) is 0 Å². The number of hydrogen-bond acceptors (Lipinski definition) is 7. The molecular formula is C15H20N6O3. The van der Waals surface area contributed by atoms with Crippen LogP contribution in [0.3, 0.4) is 0 Å². The Morgan fingerprint density at radius 3 is 2.58 bits per heavy atom. The summed E-state index contributed by atoms with van der Waals surface area (Å²) in [7, 11) is 0. The Labute approximate surface area is 139 Å². The summed E-state index contributed by atoms with van der Waals surface area (Å²) >= 11 is 0. The average Bonchev–Trinajstić information content (AvgIpc) is 3.03. The van der Waals surface area contributed by atoms with E-state index in [0.717, 1.165) is 0 Å². The van der Waals surface area contributed by atoms with Crippen molar-refractivity contribution in [1.29, 1.82) is 0 Å². The largest absolute Gasteiger partial charge is 0.387 e. The molecule has 9 heteroatoms. The molecule has 2 aromatic rings. The lowest BCUT2D eigenvalue weighted by atomic mass is 10.2. The van der Waals surface area contributed by atoms with Crippen LogP contribution in [0.25, 0.3) is 5.82 Å².